The van der Waals surface area contributed by atoms with Gasteiger partial charge in [-0.05, 0) is 49.6 Å². The van der Waals surface area contributed by atoms with Crippen LogP contribution in [0, 0.1) is 18.6 Å². The molecule has 5 heterocycles. The number of rotatable bonds is 6. The van der Waals surface area contributed by atoms with E-state index in [-0.39, 0.29) is 24.0 Å². The molecule has 0 spiro atoms. The number of hydrogen-bond acceptors (Lipinski definition) is 9. The topological polar surface area (TPSA) is 106 Å². The van der Waals surface area contributed by atoms with E-state index in [1.807, 2.05) is 25.3 Å². The molecule has 0 amide bonds. The second kappa shape index (κ2) is 9.61. The van der Waals surface area contributed by atoms with E-state index < -0.39 is 11.3 Å². The van der Waals surface area contributed by atoms with Crippen LogP contribution in [-0.4, -0.2) is 57.0 Å². The number of benzene rings is 2. The highest BCUT2D eigenvalue weighted by Gasteiger charge is 2.34. The average Bonchev–Trinajstić information content (AvgIpc) is 3.66. The molecule has 0 saturated carbocycles. The average molecular weight is 551 g/mol. The van der Waals surface area contributed by atoms with Gasteiger partial charge in [0.2, 0.25) is 0 Å². The van der Waals surface area contributed by atoms with Gasteiger partial charge in [0, 0.05) is 54.1 Å². The van der Waals surface area contributed by atoms with Gasteiger partial charge in [-0.1, -0.05) is 11.8 Å². The maximum Gasteiger partial charge on any atom is 0.319 e. The zero-order chi connectivity index (χ0) is 26.7. The van der Waals surface area contributed by atoms with Crippen molar-refractivity contribution in [2.75, 3.05) is 29.9 Å². The summed E-state index contributed by atoms with van der Waals surface area (Å²) in [6.07, 6.45) is 5.77. The van der Waals surface area contributed by atoms with Crippen molar-refractivity contribution in [3.63, 3.8) is 0 Å². The third-order valence-corrected chi connectivity index (χ3v) is 8.63. The minimum Gasteiger partial charge on any atom is -0.461 e. The minimum atomic E-state index is -0.508. The second-order valence-corrected chi connectivity index (χ2v) is 11.4. The Labute approximate surface area is 228 Å². The lowest BCUT2D eigenvalue weighted by molar-refractivity contribution is 0.270. The predicted octanol–water partition coefficient (Wildman–Crippen LogP) is 3.86. The lowest BCUT2D eigenvalue weighted by Crippen LogP contribution is -2.51. The summed E-state index contributed by atoms with van der Waals surface area (Å²) < 4.78 is 38.8. The van der Waals surface area contributed by atoms with Crippen LogP contribution in [-0.2, 0) is 6.54 Å². The first-order valence-corrected chi connectivity index (χ1v) is 14.0. The fourth-order valence-corrected chi connectivity index (χ4v) is 6.81. The zero-order valence-electron chi connectivity index (χ0n) is 21.3. The van der Waals surface area contributed by atoms with Gasteiger partial charge in [-0.25, -0.2) is 8.78 Å². The van der Waals surface area contributed by atoms with Crippen LogP contribution in [0.15, 0.2) is 41.6 Å². The van der Waals surface area contributed by atoms with Gasteiger partial charge >= 0.3 is 6.01 Å². The van der Waals surface area contributed by atoms with E-state index in [9.17, 15) is 4.39 Å². The summed E-state index contributed by atoms with van der Waals surface area (Å²) in [7, 11) is 0. The molecule has 2 bridgehead atoms. The van der Waals surface area contributed by atoms with Crippen molar-refractivity contribution in [3.8, 4) is 17.1 Å². The molecule has 12 heteroatoms. The van der Waals surface area contributed by atoms with Gasteiger partial charge in [-0.2, -0.15) is 15.1 Å². The monoisotopic (exact) mass is 550 g/mol. The predicted molar refractivity (Wildman–Crippen MR) is 147 cm³/mol. The van der Waals surface area contributed by atoms with Crippen LogP contribution in [0.4, 0.5) is 20.3 Å². The Bertz CT molecular complexity index is 1550. The Balaban J connectivity index is 1.35. The number of nitrogens with two attached hydrogens (primary N) is 1. The van der Waals surface area contributed by atoms with Crippen LogP contribution in [0.5, 0.6) is 6.01 Å². The van der Waals surface area contributed by atoms with Crippen molar-refractivity contribution in [2.24, 2.45) is 5.73 Å². The van der Waals surface area contributed by atoms with Gasteiger partial charge in [0.25, 0.3) is 0 Å². The minimum absolute atomic E-state index is 0.115. The van der Waals surface area contributed by atoms with Crippen LogP contribution in [0.3, 0.4) is 0 Å². The Morgan fingerprint density at radius 3 is 2.77 bits per heavy atom. The van der Waals surface area contributed by atoms with E-state index in [1.165, 1.54) is 17.8 Å². The summed E-state index contributed by atoms with van der Waals surface area (Å²) in [5.41, 5.74) is 7.81. The molecule has 2 aromatic heterocycles. The number of aromatic nitrogens is 4. The van der Waals surface area contributed by atoms with Gasteiger partial charge in [-0.15, -0.1) is 0 Å². The summed E-state index contributed by atoms with van der Waals surface area (Å²) in [4.78, 5) is 11.9. The lowest BCUT2D eigenvalue weighted by Gasteiger charge is -2.34. The van der Waals surface area contributed by atoms with Crippen molar-refractivity contribution < 1.29 is 13.5 Å². The van der Waals surface area contributed by atoms with Crippen molar-refractivity contribution in [3.05, 3.63) is 53.9 Å². The number of halogens is 2. The number of nitrogens with one attached hydrogen (secondary N) is 2. The number of aryl methyl sites for hydroxylation is 1. The molecule has 39 heavy (non-hydrogen) atoms. The summed E-state index contributed by atoms with van der Waals surface area (Å²) in [5, 5.41) is 11.6. The smallest absolute Gasteiger partial charge is 0.319 e. The number of piperazine rings is 1. The van der Waals surface area contributed by atoms with E-state index >= 15 is 4.39 Å². The molecule has 0 radical (unpaired) electrons. The lowest BCUT2D eigenvalue weighted by atomic mass is 9.95. The Morgan fingerprint density at radius 2 is 2.00 bits per heavy atom. The molecule has 9 nitrogen and oxygen atoms in total. The quantitative estimate of drug-likeness (QED) is 0.330. The van der Waals surface area contributed by atoms with Gasteiger partial charge < -0.3 is 26.0 Å². The molecule has 3 atom stereocenters. The fourth-order valence-electron chi connectivity index (χ4n) is 5.91. The molecule has 3 aliphatic heterocycles. The molecule has 2 aromatic carbocycles. The number of fused-ring (bicyclic) bond motifs is 4. The molecule has 2 fully saturated rings. The third kappa shape index (κ3) is 4.36. The first-order chi connectivity index (χ1) is 18.9. The molecule has 0 aliphatic carbocycles. The van der Waals surface area contributed by atoms with Crippen molar-refractivity contribution in [1.82, 2.24) is 25.1 Å². The fraction of sp³-hybridized carbons (Fsp3) is 0.370. The standard InChI is InChI=1S/C27H28F2N8OS/c1-14-11-18-22(21(29)20(14)17-5-6-19(28)24-23(17)33-26(30)39-24)34-27(38-10-9-37-8-2-7-31-37)35-25(18)36-12-15-3-4-16(13-36)32-15/h2,5-8,11,15-16,26,32-33H,3-4,9-10,12-13,30H2,1H3. The van der Waals surface area contributed by atoms with Gasteiger partial charge in [0.1, 0.15) is 29.3 Å². The summed E-state index contributed by atoms with van der Waals surface area (Å²) in [6.45, 7) is 4.21. The van der Waals surface area contributed by atoms with Crippen LogP contribution in [0.2, 0.25) is 0 Å². The van der Waals surface area contributed by atoms with Crippen LogP contribution < -0.4 is 26.0 Å². The number of nitrogens with zero attached hydrogens (tertiary/aromatic N) is 5. The Hall–Kier alpha value is -3.48. The number of hydrogen-bond donors (Lipinski definition) is 3. The maximum absolute atomic E-state index is 16.6. The highest BCUT2D eigenvalue weighted by molar-refractivity contribution is 8.00. The maximum atomic E-state index is 16.6. The summed E-state index contributed by atoms with van der Waals surface area (Å²) >= 11 is 1.18. The molecule has 4 N–H and O–H groups in total. The number of anilines is 2. The Morgan fingerprint density at radius 1 is 1.18 bits per heavy atom. The van der Waals surface area contributed by atoms with Crippen molar-refractivity contribution in [2.45, 2.75) is 48.8 Å². The van der Waals surface area contributed by atoms with Gasteiger partial charge in [0.15, 0.2) is 5.82 Å². The van der Waals surface area contributed by atoms with E-state index in [4.69, 9.17) is 15.5 Å². The summed E-state index contributed by atoms with van der Waals surface area (Å²) in [5.74, 6) is -0.213. The molecule has 4 aromatic rings. The third-order valence-electron chi connectivity index (χ3n) is 7.62. The number of thioether (sulfide) groups is 1. The number of ether oxygens (including phenoxy) is 1. The Kier molecular flexibility index (Phi) is 6.05. The van der Waals surface area contributed by atoms with E-state index in [0.717, 1.165) is 25.9 Å². The largest absolute Gasteiger partial charge is 0.461 e. The van der Waals surface area contributed by atoms with Crippen LogP contribution in [0.25, 0.3) is 22.0 Å². The first kappa shape index (κ1) is 24.6. The van der Waals surface area contributed by atoms with E-state index in [1.54, 1.807) is 16.9 Å². The van der Waals surface area contributed by atoms with Gasteiger partial charge in [0.05, 0.1) is 17.1 Å². The molecule has 2 saturated heterocycles. The zero-order valence-corrected chi connectivity index (χ0v) is 22.1. The van der Waals surface area contributed by atoms with Crippen LogP contribution in [0.1, 0.15) is 18.4 Å². The second-order valence-electron chi connectivity index (χ2n) is 10.3. The molecule has 3 aliphatic rings. The van der Waals surface area contributed by atoms with Crippen molar-refractivity contribution >= 4 is 34.2 Å². The summed E-state index contributed by atoms with van der Waals surface area (Å²) in [6, 6.07) is 7.58. The van der Waals surface area contributed by atoms with E-state index in [2.05, 4.69) is 25.6 Å². The van der Waals surface area contributed by atoms with Crippen LogP contribution >= 0.6 is 11.8 Å². The highest BCUT2D eigenvalue weighted by Crippen LogP contribution is 2.47. The normalized spacial score (nSPS) is 21.8. The van der Waals surface area contributed by atoms with E-state index in [0.29, 0.717) is 57.1 Å². The SMILES string of the molecule is Cc1cc2c(N3CC4CCC(C3)N4)nc(OCCn3cccn3)nc2c(F)c1-c1ccc(F)c2c1NC(N)S2. The molecule has 202 valence electrons. The molecular weight excluding hydrogens is 522 g/mol. The van der Waals surface area contributed by atoms with Gasteiger partial charge in [-0.3, -0.25) is 4.68 Å². The van der Waals surface area contributed by atoms with Crippen molar-refractivity contribution in [1.29, 1.82) is 0 Å². The molecule has 3 unspecified atom stereocenters. The molecular formula is C27H28F2N8OS. The highest BCUT2D eigenvalue weighted by atomic mass is 32.2. The first-order valence-electron chi connectivity index (χ1n) is 13.1. The molecule has 7 rings (SSSR count).